The lowest BCUT2D eigenvalue weighted by Crippen LogP contribution is -2.43. The highest BCUT2D eigenvalue weighted by molar-refractivity contribution is 5.95. The maximum Gasteiger partial charge on any atom is 0.344 e. The predicted molar refractivity (Wildman–Crippen MR) is 108 cm³/mol. The van der Waals surface area contributed by atoms with Gasteiger partial charge in [0.15, 0.2) is 18.5 Å². The van der Waals surface area contributed by atoms with E-state index in [1.807, 2.05) is 18.2 Å². The highest BCUT2D eigenvalue weighted by atomic mass is 16.6. The van der Waals surface area contributed by atoms with Gasteiger partial charge < -0.3 is 14.4 Å². The van der Waals surface area contributed by atoms with Crippen molar-refractivity contribution in [3.8, 4) is 5.75 Å². The second kappa shape index (κ2) is 9.37. The lowest BCUT2D eigenvalue weighted by molar-refractivity contribution is -0.161. The fraction of sp³-hybridized carbons (Fsp3) is 0.348. The largest absolute Gasteiger partial charge is 0.482 e. The smallest absolute Gasteiger partial charge is 0.344 e. The first-order valence-electron chi connectivity index (χ1n) is 9.79. The molecule has 1 aliphatic heterocycles. The summed E-state index contributed by atoms with van der Waals surface area (Å²) in [6.07, 6.45) is 0.351. The number of ether oxygens (including phenoxy) is 2. The summed E-state index contributed by atoms with van der Waals surface area (Å²) >= 11 is 0. The third kappa shape index (κ3) is 5.22. The van der Waals surface area contributed by atoms with Crippen molar-refractivity contribution in [2.75, 3.05) is 13.2 Å². The molecule has 0 fully saturated rings. The van der Waals surface area contributed by atoms with E-state index in [-0.39, 0.29) is 18.3 Å². The SMILES string of the molecule is CCC(=O)c1ccc(OCC(=O)O[C@H](C)C(=O)N2CCc3ccccc3C2)cc1. The number of carbonyl (C=O) groups is 3. The molecule has 0 radical (unpaired) electrons. The summed E-state index contributed by atoms with van der Waals surface area (Å²) in [7, 11) is 0. The van der Waals surface area contributed by atoms with E-state index < -0.39 is 12.1 Å². The number of carbonyl (C=O) groups excluding carboxylic acids is 3. The maximum atomic E-state index is 12.6. The first-order valence-corrected chi connectivity index (χ1v) is 9.79. The van der Waals surface area contributed by atoms with Crippen molar-refractivity contribution in [1.82, 2.24) is 4.90 Å². The van der Waals surface area contributed by atoms with Crippen LogP contribution in [-0.2, 0) is 27.3 Å². The number of nitrogens with zero attached hydrogens (tertiary/aromatic N) is 1. The molecule has 29 heavy (non-hydrogen) atoms. The first kappa shape index (κ1) is 20.6. The van der Waals surface area contributed by atoms with Crippen LogP contribution in [0.3, 0.4) is 0 Å². The van der Waals surface area contributed by atoms with Gasteiger partial charge in [-0.15, -0.1) is 0 Å². The molecule has 1 atom stereocenters. The van der Waals surface area contributed by atoms with Crippen molar-refractivity contribution < 1.29 is 23.9 Å². The zero-order chi connectivity index (χ0) is 20.8. The standard InChI is InChI=1S/C23H25NO5/c1-3-21(25)18-8-10-20(11-9-18)28-15-22(26)29-16(2)23(27)24-13-12-17-6-4-5-7-19(17)14-24/h4-11,16H,3,12-15H2,1-2H3/t16-/m1/s1. The summed E-state index contributed by atoms with van der Waals surface area (Å²) in [5.74, 6) is -0.322. The van der Waals surface area contributed by atoms with E-state index >= 15 is 0 Å². The number of ketones is 1. The lowest BCUT2D eigenvalue weighted by atomic mass is 9.99. The van der Waals surface area contributed by atoms with Crippen molar-refractivity contribution >= 4 is 17.7 Å². The van der Waals surface area contributed by atoms with Crippen LogP contribution in [-0.4, -0.2) is 41.8 Å². The van der Waals surface area contributed by atoms with Crippen molar-refractivity contribution in [3.63, 3.8) is 0 Å². The molecule has 1 aliphatic rings. The van der Waals surface area contributed by atoms with Crippen molar-refractivity contribution in [1.29, 1.82) is 0 Å². The Morgan fingerprint density at radius 3 is 2.41 bits per heavy atom. The number of hydrogen-bond acceptors (Lipinski definition) is 5. The molecule has 3 rings (SSSR count). The van der Waals surface area contributed by atoms with E-state index in [0.717, 1.165) is 12.0 Å². The zero-order valence-electron chi connectivity index (χ0n) is 16.7. The minimum absolute atomic E-state index is 0.0450. The molecule has 0 unspecified atom stereocenters. The van der Waals surface area contributed by atoms with Gasteiger partial charge in [0.2, 0.25) is 0 Å². The van der Waals surface area contributed by atoms with Gasteiger partial charge in [-0.2, -0.15) is 0 Å². The first-order chi connectivity index (χ1) is 14.0. The van der Waals surface area contributed by atoms with Crippen molar-refractivity contribution in [2.24, 2.45) is 0 Å². The summed E-state index contributed by atoms with van der Waals surface area (Å²) < 4.78 is 10.6. The number of Topliss-reactive ketones (excluding diaryl/α,β-unsaturated/α-hetero) is 1. The van der Waals surface area contributed by atoms with Gasteiger partial charge in [-0.3, -0.25) is 9.59 Å². The molecule has 1 heterocycles. The molecular formula is C23H25NO5. The van der Waals surface area contributed by atoms with Gasteiger partial charge in [-0.05, 0) is 48.7 Å². The van der Waals surface area contributed by atoms with Gasteiger partial charge in [0.1, 0.15) is 5.75 Å². The van der Waals surface area contributed by atoms with Crippen LogP contribution in [0.5, 0.6) is 5.75 Å². The number of fused-ring (bicyclic) bond motifs is 1. The van der Waals surface area contributed by atoms with E-state index in [0.29, 0.717) is 30.8 Å². The Morgan fingerprint density at radius 1 is 1.03 bits per heavy atom. The minimum atomic E-state index is -0.874. The minimum Gasteiger partial charge on any atom is -0.482 e. The average molecular weight is 395 g/mol. The summed E-state index contributed by atoms with van der Waals surface area (Å²) in [4.78, 5) is 38.0. The van der Waals surface area contributed by atoms with Gasteiger partial charge in [0.25, 0.3) is 5.91 Å². The fourth-order valence-electron chi connectivity index (χ4n) is 3.31. The number of rotatable bonds is 7. The van der Waals surface area contributed by atoms with E-state index in [4.69, 9.17) is 9.47 Å². The Labute approximate surface area is 170 Å². The van der Waals surface area contributed by atoms with Crippen LogP contribution in [0.1, 0.15) is 41.8 Å². The average Bonchev–Trinajstić information content (AvgIpc) is 2.76. The molecule has 6 heteroatoms. The monoisotopic (exact) mass is 395 g/mol. The Kier molecular flexibility index (Phi) is 6.65. The fourth-order valence-corrected chi connectivity index (χ4v) is 3.31. The highest BCUT2D eigenvalue weighted by Crippen LogP contribution is 2.19. The van der Waals surface area contributed by atoms with E-state index in [9.17, 15) is 14.4 Å². The van der Waals surface area contributed by atoms with Crippen LogP contribution in [0.2, 0.25) is 0 Å². The van der Waals surface area contributed by atoms with Gasteiger partial charge in [0, 0.05) is 25.1 Å². The van der Waals surface area contributed by atoms with Gasteiger partial charge >= 0.3 is 5.97 Å². The van der Waals surface area contributed by atoms with Crippen molar-refractivity contribution in [3.05, 3.63) is 65.2 Å². The predicted octanol–water partition coefficient (Wildman–Crippen LogP) is 3.17. The molecule has 0 saturated carbocycles. The van der Waals surface area contributed by atoms with Crippen LogP contribution in [0, 0.1) is 0 Å². The molecule has 1 amide bonds. The van der Waals surface area contributed by atoms with E-state index in [1.165, 1.54) is 5.56 Å². The number of esters is 1. The Bertz CT molecular complexity index is 890. The molecule has 152 valence electrons. The highest BCUT2D eigenvalue weighted by Gasteiger charge is 2.27. The van der Waals surface area contributed by atoms with E-state index in [2.05, 4.69) is 6.07 Å². The third-order valence-corrected chi connectivity index (χ3v) is 4.95. The molecular weight excluding hydrogens is 370 g/mol. The Hall–Kier alpha value is -3.15. The van der Waals surface area contributed by atoms with E-state index in [1.54, 1.807) is 43.0 Å². The van der Waals surface area contributed by atoms with Gasteiger partial charge in [0.05, 0.1) is 0 Å². The third-order valence-electron chi connectivity index (χ3n) is 4.95. The van der Waals surface area contributed by atoms with Crippen LogP contribution < -0.4 is 4.74 Å². The molecule has 2 aromatic carbocycles. The quantitative estimate of drug-likeness (QED) is 0.532. The Morgan fingerprint density at radius 2 is 1.72 bits per heavy atom. The molecule has 0 aliphatic carbocycles. The molecule has 0 N–H and O–H groups in total. The number of hydrogen-bond donors (Lipinski definition) is 0. The van der Waals surface area contributed by atoms with Crippen LogP contribution >= 0.6 is 0 Å². The number of amides is 1. The van der Waals surface area contributed by atoms with Crippen LogP contribution in [0.25, 0.3) is 0 Å². The lowest BCUT2D eigenvalue weighted by Gasteiger charge is -2.30. The molecule has 0 aromatic heterocycles. The topological polar surface area (TPSA) is 72.9 Å². The second-order valence-electron chi connectivity index (χ2n) is 7.00. The Balaban J connectivity index is 1.47. The van der Waals surface area contributed by atoms with Crippen molar-refractivity contribution in [2.45, 2.75) is 39.3 Å². The summed E-state index contributed by atoms with van der Waals surface area (Å²) in [5, 5.41) is 0. The summed E-state index contributed by atoms with van der Waals surface area (Å²) in [5.41, 5.74) is 2.98. The van der Waals surface area contributed by atoms with Crippen LogP contribution in [0.15, 0.2) is 48.5 Å². The maximum absolute atomic E-state index is 12.6. The summed E-state index contributed by atoms with van der Waals surface area (Å²) in [6.45, 7) is 4.20. The molecule has 0 saturated heterocycles. The second-order valence-corrected chi connectivity index (χ2v) is 7.00. The van der Waals surface area contributed by atoms with Gasteiger partial charge in [-0.25, -0.2) is 4.79 Å². The normalized spacial score (nSPS) is 13.9. The number of benzene rings is 2. The molecule has 2 aromatic rings. The molecule has 6 nitrogen and oxygen atoms in total. The molecule has 0 bridgehead atoms. The molecule has 0 spiro atoms. The van der Waals surface area contributed by atoms with Gasteiger partial charge in [-0.1, -0.05) is 31.2 Å². The van der Waals surface area contributed by atoms with Crippen LogP contribution in [0.4, 0.5) is 0 Å². The summed E-state index contributed by atoms with van der Waals surface area (Å²) in [6, 6.07) is 14.6. The zero-order valence-corrected chi connectivity index (χ0v) is 16.7.